The third-order valence-electron chi connectivity index (χ3n) is 3.92. The largest absolute Gasteiger partial charge is 0.508 e. The lowest BCUT2D eigenvalue weighted by molar-refractivity contribution is -0.147. The second-order valence-corrected chi connectivity index (χ2v) is 5.67. The van der Waals surface area contributed by atoms with Crippen LogP contribution in [0.25, 0.3) is 0 Å². The molecule has 0 bridgehead atoms. The second kappa shape index (κ2) is 9.53. The number of carbonyl (C=O) groups is 2. The zero-order valence-corrected chi connectivity index (χ0v) is 14.3. The van der Waals surface area contributed by atoms with Crippen molar-refractivity contribution >= 4 is 11.9 Å². The highest BCUT2D eigenvalue weighted by atomic mass is 16.7. The van der Waals surface area contributed by atoms with E-state index >= 15 is 0 Å². The van der Waals surface area contributed by atoms with Crippen LogP contribution in [0.15, 0.2) is 48.5 Å². The van der Waals surface area contributed by atoms with E-state index in [2.05, 4.69) is 15.5 Å². The van der Waals surface area contributed by atoms with E-state index < -0.39 is 24.0 Å². The van der Waals surface area contributed by atoms with Gasteiger partial charge in [0, 0.05) is 24.2 Å². The summed E-state index contributed by atoms with van der Waals surface area (Å²) < 4.78 is 0. The van der Waals surface area contributed by atoms with Crippen LogP contribution in [-0.4, -0.2) is 40.3 Å². The standard InChI is InChI=1S/C18H21N3O6/c19-27-18(26)16(12-6-2-4-8-14(12)23)21-10-9-20-15(17(24)25)11-5-1-3-7-13(11)22/h1-8,15-16,20-23H,9-10,19H2,(H,24,25). The minimum Gasteiger partial charge on any atom is -0.508 e. The van der Waals surface area contributed by atoms with Crippen molar-refractivity contribution in [3.63, 3.8) is 0 Å². The summed E-state index contributed by atoms with van der Waals surface area (Å²) in [5.74, 6) is 2.76. The van der Waals surface area contributed by atoms with Crippen LogP contribution in [-0.2, 0) is 14.4 Å². The zero-order chi connectivity index (χ0) is 19.8. The summed E-state index contributed by atoms with van der Waals surface area (Å²) in [5, 5.41) is 34.8. The third kappa shape index (κ3) is 5.17. The number of aromatic hydroxyl groups is 2. The van der Waals surface area contributed by atoms with Crippen LogP contribution >= 0.6 is 0 Å². The molecule has 0 spiro atoms. The fraction of sp³-hybridized carbons (Fsp3) is 0.222. The van der Waals surface area contributed by atoms with Crippen LogP contribution in [0.5, 0.6) is 11.5 Å². The molecule has 0 heterocycles. The number of phenols is 2. The van der Waals surface area contributed by atoms with Crippen molar-refractivity contribution in [1.29, 1.82) is 0 Å². The molecule has 2 aromatic rings. The molecule has 0 radical (unpaired) electrons. The van der Waals surface area contributed by atoms with E-state index in [-0.39, 0.29) is 35.7 Å². The Morgan fingerprint density at radius 1 is 0.889 bits per heavy atom. The van der Waals surface area contributed by atoms with E-state index in [1.54, 1.807) is 30.3 Å². The maximum atomic E-state index is 11.9. The Morgan fingerprint density at radius 3 is 1.78 bits per heavy atom. The average Bonchev–Trinajstić information content (AvgIpc) is 2.66. The fourth-order valence-electron chi connectivity index (χ4n) is 2.61. The van der Waals surface area contributed by atoms with E-state index in [0.29, 0.717) is 0 Å². The van der Waals surface area contributed by atoms with Gasteiger partial charge in [0.1, 0.15) is 23.6 Å². The van der Waals surface area contributed by atoms with Gasteiger partial charge in [-0.15, -0.1) is 0 Å². The van der Waals surface area contributed by atoms with Crippen LogP contribution in [0, 0.1) is 0 Å². The van der Waals surface area contributed by atoms with Crippen molar-refractivity contribution in [1.82, 2.24) is 10.6 Å². The van der Waals surface area contributed by atoms with Gasteiger partial charge in [0.2, 0.25) is 0 Å². The number of benzene rings is 2. The summed E-state index contributed by atoms with van der Waals surface area (Å²) in [6, 6.07) is 10.2. The van der Waals surface area contributed by atoms with E-state index in [9.17, 15) is 24.9 Å². The summed E-state index contributed by atoms with van der Waals surface area (Å²) in [4.78, 5) is 27.6. The van der Waals surface area contributed by atoms with Crippen LogP contribution in [0.1, 0.15) is 23.2 Å². The number of carbonyl (C=O) groups excluding carboxylic acids is 1. The molecule has 0 saturated heterocycles. The Balaban J connectivity index is 2.02. The molecule has 9 heteroatoms. The molecule has 0 amide bonds. The normalized spacial score (nSPS) is 12.9. The number of hydrogen-bond donors (Lipinski definition) is 6. The Labute approximate surface area is 155 Å². The highest BCUT2D eigenvalue weighted by Gasteiger charge is 2.25. The second-order valence-electron chi connectivity index (χ2n) is 5.67. The molecule has 144 valence electrons. The first kappa shape index (κ1) is 20.2. The van der Waals surface area contributed by atoms with Crippen molar-refractivity contribution < 1.29 is 29.7 Å². The minimum atomic E-state index is -1.16. The zero-order valence-electron chi connectivity index (χ0n) is 14.3. The molecule has 0 saturated carbocycles. The highest BCUT2D eigenvalue weighted by Crippen LogP contribution is 2.25. The first-order valence-corrected chi connectivity index (χ1v) is 8.11. The van der Waals surface area contributed by atoms with E-state index in [4.69, 9.17) is 5.90 Å². The van der Waals surface area contributed by atoms with Crippen molar-refractivity contribution in [3.8, 4) is 11.5 Å². The molecule has 2 unspecified atom stereocenters. The minimum absolute atomic E-state index is 0.106. The number of carboxylic acid groups (broad SMARTS) is 1. The van der Waals surface area contributed by atoms with Crippen LogP contribution in [0.2, 0.25) is 0 Å². The quantitative estimate of drug-likeness (QED) is 0.272. The van der Waals surface area contributed by atoms with Gasteiger partial charge in [0.05, 0.1) is 0 Å². The van der Waals surface area contributed by atoms with E-state index in [1.807, 2.05) is 0 Å². The lowest BCUT2D eigenvalue weighted by atomic mass is 10.1. The van der Waals surface area contributed by atoms with E-state index in [0.717, 1.165) is 0 Å². The van der Waals surface area contributed by atoms with Crippen molar-refractivity contribution in [2.24, 2.45) is 5.90 Å². The Morgan fingerprint density at radius 2 is 1.33 bits per heavy atom. The van der Waals surface area contributed by atoms with Crippen molar-refractivity contribution in [2.45, 2.75) is 12.1 Å². The third-order valence-corrected chi connectivity index (χ3v) is 3.92. The Bertz CT molecular complexity index is 798. The lowest BCUT2D eigenvalue weighted by Gasteiger charge is -2.19. The van der Waals surface area contributed by atoms with Gasteiger partial charge in [-0.1, -0.05) is 36.4 Å². The number of phenolic OH excluding ortho intramolecular Hbond substituents is 2. The molecule has 0 aliphatic rings. The highest BCUT2D eigenvalue weighted by molar-refractivity contribution is 5.78. The summed E-state index contributed by atoms with van der Waals surface area (Å²) >= 11 is 0. The van der Waals surface area contributed by atoms with E-state index in [1.165, 1.54) is 18.2 Å². The molecular weight excluding hydrogens is 354 g/mol. The summed E-state index contributed by atoms with van der Waals surface area (Å²) in [5.41, 5.74) is 0.507. The van der Waals surface area contributed by atoms with Gasteiger partial charge in [-0.25, -0.2) is 4.79 Å². The van der Waals surface area contributed by atoms with Gasteiger partial charge in [-0.2, -0.15) is 5.90 Å². The first-order chi connectivity index (χ1) is 13.0. The van der Waals surface area contributed by atoms with Crippen LogP contribution in [0.4, 0.5) is 0 Å². The van der Waals surface area contributed by atoms with Gasteiger partial charge in [0.25, 0.3) is 0 Å². The monoisotopic (exact) mass is 375 g/mol. The number of para-hydroxylation sites is 2. The molecule has 2 aromatic carbocycles. The average molecular weight is 375 g/mol. The molecule has 0 aliphatic carbocycles. The molecule has 2 atom stereocenters. The fourth-order valence-corrected chi connectivity index (χ4v) is 2.61. The smallest absolute Gasteiger partial charge is 0.346 e. The maximum Gasteiger partial charge on any atom is 0.346 e. The number of rotatable bonds is 9. The number of carboxylic acids is 1. The number of aliphatic carboxylic acids is 1. The predicted molar refractivity (Wildman–Crippen MR) is 95.6 cm³/mol. The number of hydrogen-bond acceptors (Lipinski definition) is 8. The molecule has 0 aromatic heterocycles. The molecule has 7 N–H and O–H groups in total. The van der Waals surface area contributed by atoms with Gasteiger partial charge in [0.15, 0.2) is 0 Å². The summed E-state index contributed by atoms with van der Waals surface area (Å²) in [6.07, 6.45) is 0. The molecule has 0 fully saturated rings. The molecule has 9 nitrogen and oxygen atoms in total. The lowest BCUT2D eigenvalue weighted by Crippen LogP contribution is -2.38. The topological polar surface area (TPSA) is 154 Å². The summed E-state index contributed by atoms with van der Waals surface area (Å²) in [7, 11) is 0. The first-order valence-electron chi connectivity index (χ1n) is 8.11. The van der Waals surface area contributed by atoms with Crippen LogP contribution in [0.3, 0.4) is 0 Å². The molecule has 0 aliphatic heterocycles. The maximum absolute atomic E-state index is 11.9. The van der Waals surface area contributed by atoms with Gasteiger partial charge in [-0.05, 0) is 12.1 Å². The SMILES string of the molecule is NOC(=O)C(NCCNC(C(=O)O)c1ccccc1O)c1ccccc1O. The van der Waals surface area contributed by atoms with Crippen LogP contribution < -0.4 is 16.5 Å². The predicted octanol–water partition coefficient (Wildman–Crippen LogP) is 0.561. The van der Waals surface area contributed by atoms with Crippen molar-refractivity contribution in [2.75, 3.05) is 13.1 Å². The van der Waals surface area contributed by atoms with Gasteiger partial charge < -0.3 is 20.2 Å². The number of nitrogens with two attached hydrogens (primary N) is 1. The Hall–Kier alpha value is -3.14. The number of nitrogens with one attached hydrogen (secondary N) is 2. The van der Waals surface area contributed by atoms with Gasteiger partial charge in [-0.3, -0.25) is 15.4 Å². The van der Waals surface area contributed by atoms with Crippen molar-refractivity contribution in [3.05, 3.63) is 59.7 Å². The molecule has 2 rings (SSSR count). The summed E-state index contributed by atoms with van der Waals surface area (Å²) in [6.45, 7) is 0.304. The molecule has 27 heavy (non-hydrogen) atoms. The van der Waals surface area contributed by atoms with Gasteiger partial charge >= 0.3 is 11.9 Å². The Kier molecular flexibility index (Phi) is 7.12. The molecular formula is C18H21N3O6.